The summed E-state index contributed by atoms with van der Waals surface area (Å²) < 4.78 is 0. The molecule has 1 heterocycles. The molecule has 0 saturated heterocycles. The van der Waals surface area contributed by atoms with Crippen LogP contribution in [-0.4, -0.2) is 21.8 Å². The summed E-state index contributed by atoms with van der Waals surface area (Å²) in [6, 6.07) is 6.94. The van der Waals surface area contributed by atoms with Gasteiger partial charge >= 0.3 is 0 Å². The van der Waals surface area contributed by atoms with E-state index >= 15 is 0 Å². The molecule has 0 bridgehead atoms. The smallest absolute Gasteiger partial charge is 0.294 e. The number of hydrogen-bond donors (Lipinski definition) is 1. The van der Waals surface area contributed by atoms with E-state index in [1.165, 1.54) is 11.3 Å². The first kappa shape index (κ1) is 13.3. The van der Waals surface area contributed by atoms with Gasteiger partial charge in [-0.05, 0) is 19.1 Å². The maximum atomic E-state index is 10.1. The first-order valence-electron chi connectivity index (χ1n) is 5.60. The van der Waals surface area contributed by atoms with Crippen molar-refractivity contribution in [3.8, 4) is 16.3 Å². The van der Waals surface area contributed by atoms with Gasteiger partial charge in [-0.3, -0.25) is 0 Å². The van der Waals surface area contributed by atoms with Gasteiger partial charge in [-0.2, -0.15) is 0 Å². The minimum atomic E-state index is -0.805. The van der Waals surface area contributed by atoms with Crippen LogP contribution < -0.4 is 0 Å². The fourth-order valence-electron chi connectivity index (χ4n) is 1.64. The molecule has 100 valence electrons. The third kappa shape index (κ3) is 3.19. The first-order valence-corrected chi connectivity index (χ1v) is 6.41. The van der Waals surface area contributed by atoms with Gasteiger partial charge in [0.15, 0.2) is 0 Å². The highest BCUT2D eigenvalue weighted by molar-refractivity contribution is 7.15. The number of rotatable bonds is 5. The number of phenols is 1. The minimum Gasteiger partial charge on any atom is -0.507 e. The van der Waals surface area contributed by atoms with Crippen molar-refractivity contribution in [3.05, 3.63) is 45.0 Å². The Kier molecular flexibility index (Phi) is 3.96. The number of aromatic hydroxyl groups is 1. The molecule has 2 aromatic rings. The Balaban J connectivity index is 2.17. The van der Waals surface area contributed by atoms with Gasteiger partial charge in [0.2, 0.25) is 0 Å². The molecule has 0 aliphatic heterocycles. The summed E-state index contributed by atoms with van der Waals surface area (Å²) in [5.41, 5.74) is 1.47. The SMILES string of the molecule is Cc1nc(-c2ccccc2O)sc1CCO[N+](=O)[O-]. The number of hydrogen-bond acceptors (Lipinski definition) is 6. The summed E-state index contributed by atoms with van der Waals surface area (Å²) in [6.07, 6.45) is 0.429. The van der Waals surface area contributed by atoms with Crippen molar-refractivity contribution in [2.45, 2.75) is 13.3 Å². The third-order valence-electron chi connectivity index (χ3n) is 2.55. The van der Waals surface area contributed by atoms with Crippen molar-refractivity contribution in [2.75, 3.05) is 6.61 Å². The first-order chi connectivity index (χ1) is 9.08. The van der Waals surface area contributed by atoms with Crippen LogP contribution in [0.25, 0.3) is 10.6 Å². The molecule has 19 heavy (non-hydrogen) atoms. The van der Waals surface area contributed by atoms with Crippen LogP contribution >= 0.6 is 11.3 Å². The largest absolute Gasteiger partial charge is 0.507 e. The molecule has 2 rings (SSSR count). The summed E-state index contributed by atoms with van der Waals surface area (Å²) in [5, 5.41) is 19.7. The molecule has 7 heteroatoms. The van der Waals surface area contributed by atoms with Crippen LogP contribution in [-0.2, 0) is 11.3 Å². The normalized spacial score (nSPS) is 10.4. The molecule has 1 aromatic carbocycles. The summed E-state index contributed by atoms with van der Waals surface area (Å²) in [7, 11) is 0. The van der Waals surface area contributed by atoms with Gasteiger partial charge in [0.1, 0.15) is 17.4 Å². The van der Waals surface area contributed by atoms with Crippen molar-refractivity contribution < 1.29 is 15.0 Å². The Hall–Kier alpha value is -2.15. The number of nitrogens with zero attached hydrogens (tertiary/aromatic N) is 2. The molecule has 0 fully saturated rings. The maximum Gasteiger partial charge on any atom is 0.294 e. The Morgan fingerprint density at radius 1 is 1.47 bits per heavy atom. The summed E-state index contributed by atoms with van der Waals surface area (Å²) in [6.45, 7) is 1.84. The topological polar surface area (TPSA) is 85.5 Å². The summed E-state index contributed by atoms with van der Waals surface area (Å²) in [5.74, 6) is 0.171. The number of phenolic OH excluding ortho intramolecular Hbond substituents is 1. The van der Waals surface area contributed by atoms with Crippen LogP contribution in [0.15, 0.2) is 24.3 Å². The maximum absolute atomic E-state index is 10.1. The molecule has 1 aromatic heterocycles. The highest BCUT2D eigenvalue weighted by Crippen LogP contribution is 2.33. The second-order valence-corrected chi connectivity index (χ2v) is 4.94. The molecular formula is C12H12N2O4S. The second-order valence-electron chi connectivity index (χ2n) is 3.85. The Morgan fingerprint density at radius 2 is 2.21 bits per heavy atom. The molecule has 6 nitrogen and oxygen atoms in total. The van der Waals surface area contributed by atoms with Crippen LogP contribution in [0, 0.1) is 17.0 Å². The predicted molar refractivity (Wildman–Crippen MR) is 70.6 cm³/mol. The van der Waals surface area contributed by atoms with Gasteiger partial charge in [-0.1, -0.05) is 12.1 Å². The number of thiazole rings is 1. The lowest BCUT2D eigenvalue weighted by molar-refractivity contribution is -0.757. The third-order valence-corrected chi connectivity index (χ3v) is 3.80. The predicted octanol–water partition coefficient (Wildman–Crippen LogP) is 2.57. The highest BCUT2D eigenvalue weighted by Gasteiger charge is 2.12. The summed E-state index contributed by atoms with van der Waals surface area (Å²) in [4.78, 5) is 19.7. The number of aromatic nitrogens is 1. The van der Waals surface area contributed by atoms with Gasteiger partial charge in [0.05, 0.1) is 11.3 Å². The lowest BCUT2D eigenvalue weighted by Crippen LogP contribution is -2.04. The van der Waals surface area contributed by atoms with E-state index in [1.54, 1.807) is 18.2 Å². The molecule has 0 aliphatic rings. The molecule has 0 radical (unpaired) electrons. The molecular weight excluding hydrogens is 268 g/mol. The lowest BCUT2D eigenvalue weighted by atomic mass is 10.2. The Morgan fingerprint density at radius 3 is 2.89 bits per heavy atom. The lowest BCUT2D eigenvalue weighted by Gasteiger charge is -1.98. The van der Waals surface area contributed by atoms with E-state index in [1.807, 2.05) is 13.0 Å². The van der Waals surface area contributed by atoms with Crippen LogP contribution in [0.2, 0.25) is 0 Å². The van der Waals surface area contributed by atoms with E-state index in [0.29, 0.717) is 17.0 Å². The van der Waals surface area contributed by atoms with E-state index in [4.69, 9.17) is 0 Å². The average molecular weight is 280 g/mol. The standard InChI is InChI=1S/C12H12N2O4S/c1-8-11(6-7-18-14(16)17)19-12(13-8)9-4-2-3-5-10(9)15/h2-5,15H,6-7H2,1H3. The van der Waals surface area contributed by atoms with Crippen LogP contribution in [0.1, 0.15) is 10.6 Å². The van der Waals surface area contributed by atoms with Crippen molar-refractivity contribution in [1.82, 2.24) is 4.98 Å². The molecule has 0 unspecified atom stereocenters. The fourth-order valence-corrected chi connectivity index (χ4v) is 2.72. The molecule has 0 aliphatic carbocycles. The Bertz CT molecular complexity index is 597. The van der Waals surface area contributed by atoms with Gasteiger partial charge in [0, 0.05) is 11.3 Å². The van der Waals surface area contributed by atoms with Crippen molar-refractivity contribution in [2.24, 2.45) is 0 Å². The van der Waals surface area contributed by atoms with Crippen LogP contribution in [0.4, 0.5) is 0 Å². The molecule has 0 spiro atoms. The van der Waals surface area contributed by atoms with Crippen LogP contribution in [0.5, 0.6) is 5.75 Å². The van der Waals surface area contributed by atoms with E-state index in [-0.39, 0.29) is 12.4 Å². The zero-order valence-corrected chi connectivity index (χ0v) is 11.0. The van der Waals surface area contributed by atoms with Crippen molar-refractivity contribution >= 4 is 11.3 Å². The van der Waals surface area contributed by atoms with Crippen molar-refractivity contribution in [3.63, 3.8) is 0 Å². The Labute approximate surface area is 113 Å². The zero-order chi connectivity index (χ0) is 13.8. The molecule has 0 amide bonds. The summed E-state index contributed by atoms with van der Waals surface area (Å²) >= 11 is 1.40. The molecule has 1 N–H and O–H groups in total. The molecule has 0 atom stereocenters. The highest BCUT2D eigenvalue weighted by atomic mass is 32.1. The van der Waals surface area contributed by atoms with Gasteiger partial charge in [-0.15, -0.1) is 21.5 Å². The van der Waals surface area contributed by atoms with E-state index < -0.39 is 5.09 Å². The van der Waals surface area contributed by atoms with Gasteiger partial charge < -0.3 is 9.94 Å². The molecule has 0 saturated carbocycles. The average Bonchev–Trinajstić information content (AvgIpc) is 2.71. The van der Waals surface area contributed by atoms with Crippen LogP contribution in [0.3, 0.4) is 0 Å². The fraction of sp³-hybridized carbons (Fsp3) is 0.250. The van der Waals surface area contributed by atoms with E-state index in [0.717, 1.165) is 10.6 Å². The number of benzene rings is 1. The van der Waals surface area contributed by atoms with Gasteiger partial charge in [-0.25, -0.2) is 4.98 Å². The quantitative estimate of drug-likeness (QED) is 0.672. The van der Waals surface area contributed by atoms with Gasteiger partial charge in [0.25, 0.3) is 5.09 Å². The van der Waals surface area contributed by atoms with Crippen molar-refractivity contribution in [1.29, 1.82) is 0 Å². The van der Waals surface area contributed by atoms with E-state index in [9.17, 15) is 15.2 Å². The number of para-hydroxylation sites is 1. The van der Waals surface area contributed by atoms with E-state index in [2.05, 4.69) is 9.82 Å². The minimum absolute atomic E-state index is 0.0102. The monoisotopic (exact) mass is 280 g/mol. The zero-order valence-electron chi connectivity index (χ0n) is 10.2. The second kappa shape index (κ2) is 5.66. The number of aryl methyl sites for hydroxylation is 1.